The highest BCUT2D eigenvalue weighted by Crippen LogP contribution is 2.33. The van der Waals surface area contributed by atoms with Crippen molar-refractivity contribution in [3.05, 3.63) is 28.2 Å². The summed E-state index contributed by atoms with van der Waals surface area (Å²) in [4.78, 5) is 2.36. The van der Waals surface area contributed by atoms with Gasteiger partial charge < -0.3 is 9.64 Å². The molecule has 1 aliphatic rings. The van der Waals surface area contributed by atoms with Gasteiger partial charge in [-0.2, -0.15) is 5.26 Å². The normalized spacial score (nSPS) is 14.4. The quantitative estimate of drug-likeness (QED) is 0.838. The first kappa shape index (κ1) is 12.4. The van der Waals surface area contributed by atoms with Crippen molar-refractivity contribution < 1.29 is 4.74 Å². The van der Waals surface area contributed by atoms with Gasteiger partial charge in [0, 0.05) is 29.9 Å². The minimum Gasteiger partial charge on any atom is -0.383 e. The van der Waals surface area contributed by atoms with E-state index >= 15 is 0 Å². The number of hydrogen-bond donors (Lipinski definition) is 0. The number of nitrogens with zero attached hydrogens (tertiary/aromatic N) is 2. The monoisotopic (exact) mass is 294 g/mol. The lowest BCUT2D eigenvalue weighted by atomic mass is 10.2. The zero-order valence-corrected chi connectivity index (χ0v) is 11.4. The van der Waals surface area contributed by atoms with Crippen LogP contribution < -0.4 is 4.90 Å². The molecule has 0 heterocycles. The molecular weight excluding hydrogens is 280 g/mol. The number of benzene rings is 1. The van der Waals surface area contributed by atoms with Crippen molar-refractivity contribution in [1.82, 2.24) is 0 Å². The average molecular weight is 295 g/mol. The molecule has 0 saturated heterocycles. The Morgan fingerprint density at radius 2 is 2.29 bits per heavy atom. The molecule has 0 unspecified atom stereocenters. The number of ether oxygens (including phenoxy) is 1. The van der Waals surface area contributed by atoms with Crippen LogP contribution in [0, 0.1) is 11.3 Å². The third-order valence-electron chi connectivity index (χ3n) is 2.93. The maximum atomic E-state index is 8.90. The lowest BCUT2D eigenvalue weighted by Crippen LogP contribution is -2.29. The van der Waals surface area contributed by atoms with Crippen LogP contribution in [0.4, 0.5) is 5.69 Å². The Morgan fingerprint density at radius 3 is 2.82 bits per heavy atom. The summed E-state index contributed by atoms with van der Waals surface area (Å²) in [5.74, 6) is 0. The maximum absolute atomic E-state index is 8.90. The molecule has 2 rings (SSSR count). The summed E-state index contributed by atoms with van der Waals surface area (Å²) < 4.78 is 6.00. The van der Waals surface area contributed by atoms with E-state index in [-0.39, 0.29) is 0 Å². The van der Waals surface area contributed by atoms with Crippen molar-refractivity contribution in [3.8, 4) is 6.07 Å². The molecule has 0 amide bonds. The van der Waals surface area contributed by atoms with E-state index in [0.717, 1.165) is 23.3 Å². The number of hydrogen-bond acceptors (Lipinski definition) is 3. The minimum atomic E-state index is 0.644. The summed E-state index contributed by atoms with van der Waals surface area (Å²) in [7, 11) is 1.72. The molecule has 17 heavy (non-hydrogen) atoms. The molecule has 0 spiro atoms. The van der Waals surface area contributed by atoms with Crippen LogP contribution in [0.5, 0.6) is 0 Å². The van der Waals surface area contributed by atoms with E-state index in [2.05, 4.69) is 26.9 Å². The molecule has 0 aliphatic heterocycles. The van der Waals surface area contributed by atoms with Gasteiger partial charge in [-0.15, -0.1) is 0 Å². The van der Waals surface area contributed by atoms with Crippen LogP contribution in [0.3, 0.4) is 0 Å². The Morgan fingerprint density at radius 1 is 1.53 bits per heavy atom. The van der Waals surface area contributed by atoms with Gasteiger partial charge in [0.25, 0.3) is 0 Å². The zero-order valence-electron chi connectivity index (χ0n) is 9.82. The van der Waals surface area contributed by atoms with Gasteiger partial charge in [0.1, 0.15) is 6.07 Å². The summed E-state index contributed by atoms with van der Waals surface area (Å²) in [6, 6.07) is 8.70. The zero-order chi connectivity index (χ0) is 12.3. The molecule has 0 bridgehead atoms. The highest BCUT2D eigenvalue weighted by Gasteiger charge is 2.29. The van der Waals surface area contributed by atoms with Crippen LogP contribution in [0.25, 0.3) is 0 Å². The van der Waals surface area contributed by atoms with Crippen LogP contribution in [-0.4, -0.2) is 26.3 Å². The van der Waals surface area contributed by atoms with Crippen LogP contribution in [0.1, 0.15) is 18.4 Å². The van der Waals surface area contributed by atoms with Gasteiger partial charge in [0.2, 0.25) is 0 Å². The average Bonchev–Trinajstić information content (AvgIpc) is 3.14. The molecule has 1 aromatic carbocycles. The fourth-order valence-electron chi connectivity index (χ4n) is 1.87. The van der Waals surface area contributed by atoms with Crippen molar-refractivity contribution in [1.29, 1.82) is 5.26 Å². The summed E-state index contributed by atoms with van der Waals surface area (Å²) in [6.45, 7) is 1.63. The molecule has 4 heteroatoms. The molecule has 3 nitrogen and oxygen atoms in total. The maximum Gasteiger partial charge on any atom is 0.100 e. The Bertz CT molecular complexity index is 438. The van der Waals surface area contributed by atoms with Crippen molar-refractivity contribution in [2.24, 2.45) is 0 Å². The summed E-state index contributed by atoms with van der Waals surface area (Å²) in [5, 5.41) is 8.90. The molecular formula is C13H15BrN2O. The first-order valence-electron chi connectivity index (χ1n) is 5.71. The van der Waals surface area contributed by atoms with Gasteiger partial charge in [0.05, 0.1) is 12.2 Å². The second-order valence-corrected chi connectivity index (χ2v) is 5.05. The van der Waals surface area contributed by atoms with E-state index < -0.39 is 0 Å². The van der Waals surface area contributed by atoms with E-state index in [1.165, 1.54) is 12.8 Å². The van der Waals surface area contributed by atoms with Crippen molar-refractivity contribution in [2.45, 2.75) is 18.9 Å². The molecule has 90 valence electrons. The number of rotatable bonds is 5. The predicted octanol–water partition coefficient (Wildman–Crippen LogP) is 2.94. The van der Waals surface area contributed by atoms with Crippen LogP contribution in [0.2, 0.25) is 0 Å². The molecule has 1 aromatic rings. The van der Waals surface area contributed by atoms with E-state index in [9.17, 15) is 0 Å². The largest absolute Gasteiger partial charge is 0.383 e. The molecule has 1 aliphatic carbocycles. The third kappa shape index (κ3) is 2.99. The molecule has 1 saturated carbocycles. The van der Waals surface area contributed by atoms with Crippen molar-refractivity contribution in [3.63, 3.8) is 0 Å². The van der Waals surface area contributed by atoms with E-state index in [0.29, 0.717) is 11.6 Å². The van der Waals surface area contributed by atoms with E-state index in [1.807, 2.05) is 18.2 Å². The second kappa shape index (κ2) is 5.52. The fourth-order valence-corrected chi connectivity index (χ4v) is 2.33. The Kier molecular flexibility index (Phi) is 4.03. The number of nitriles is 1. The van der Waals surface area contributed by atoms with E-state index in [4.69, 9.17) is 10.00 Å². The SMILES string of the molecule is COCCN(c1ccc(C#N)c(Br)c1)C1CC1. The van der Waals surface area contributed by atoms with Gasteiger partial charge in [-0.1, -0.05) is 0 Å². The third-order valence-corrected chi connectivity index (χ3v) is 3.58. The van der Waals surface area contributed by atoms with Gasteiger partial charge >= 0.3 is 0 Å². The van der Waals surface area contributed by atoms with E-state index in [1.54, 1.807) is 7.11 Å². The van der Waals surface area contributed by atoms with Crippen LogP contribution in [0.15, 0.2) is 22.7 Å². The lowest BCUT2D eigenvalue weighted by molar-refractivity contribution is 0.205. The van der Waals surface area contributed by atoms with Crippen LogP contribution >= 0.6 is 15.9 Å². The lowest BCUT2D eigenvalue weighted by Gasteiger charge is -2.24. The minimum absolute atomic E-state index is 0.644. The number of methoxy groups -OCH3 is 1. The van der Waals surface area contributed by atoms with Gasteiger partial charge in [0.15, 0.2) is 0 Å². The first-order chi connectivity index (χ1) is 8.26. The number of halogens is 1. The molecule has 0 atom stereocenters. The topological polar surface area (TPSA) is 36.3 Å². The summed E-state index contributed by atoms with van der Waals surface area (Å²) in [6.07, 6.45) is 2.50. The molecule has 0 aromatic heterocycles. The van der Waals surface area contributed by atoms with Crippen molar-refractivity contribution >= 4 is 21.6 Å². The van der Waals surface area contributed by atoms with Crippen LogP contribution in [-0.2, 0) is 4.74 Å². The first-order valence-corrected chi connectivity index (χ1v) is 6.51. The Labute approximate surface area is 110 Å². The summed E-state index contributed by atoms with van der Waals surface area (Å²) in [5.41, 5.74) is 1.84. The van der Waals surface area contributed by atoms with Gasteiger partial charge in [-0.05, 0) is 47.0 Å². The highest BCUT2D eigenvalue weighted by atomic mass is 79.9. The molecule has 0 radical (unpaired) electrons. The second-order valence-electron chi connectivity index (χ2n) is 4.19. The Balaban J connectivity index is 2.18. The van der Waals surface area contributed by atoms with Gasteiger partial charge in [-0.3, -0.25) is 0 Å². The van der Waals surface area contributed by atoms with Gasteiger partial charge in [-0.25, -0.2) is 0 Å². The standard InChI is InChI=1S/C13H15BrN2O/c1-17-7-6-16(11-4-5-11)12-3-2-10(9-15)13(14)8-12/h2-3,8,11H,4-7H2,1H3. The number of anilines is 1. The van der Waals surface area contributed by atoms with Crippen molar-refractivity contribution in [2.75, 3.05) is 25.2 Å². The summed E-state index contributed by atoms with van der Waals surface area (Å²) >= 11 is 3.43. The molecule has 1 fully saturated rings. The Hall–Kier alpha value is -1.05. The highest BCUT2D eigenvalue weighted by molar-refractivity contribution is 9.10. The fraction of sp³-hybridized carbons (Fsp3) is 0.462. The molecule has 0 N–H and O–H groups in total. The predicted molar refractivity (Wildman–Crippen MR) is 71.1 cm³/mol. The smallest absolute Gasteiger partial charge is 0.100 e.